The zero-order valence-corrected chi connectivity index (χ0v) is 9.65. The van der Waals surface area contributed by atoms with Gasteiger partial charge in [0.1, 0.15) is 0 Å². The van der Waals surface area contributed by atoms with Gasteiger partial charge in [0, 0.05) is 31.0 Å². The highest BCUT2D eigenvalue weighted by Gasteiger charge is 2.18. The zero-order valence-electron chi connectivity index (χ0n) is 9.65. The van der Waals surface area contributed by atoms with E-state index in [1.165, 1.54) is 5.56 Å². The van der Waals surface area contributed by atoms with E-state index < -0.39 is 0 Å². The van der Waals surface area contributed by atoms with Gasteiger partial charge in [-0.25, -0.2) is 0 Å². The first-order valence-electron chi connectivity index (χ1n) is 5.78. The molecule has 88 valence electrons. The minimum Gasteiger partial charge on any atom is -0.379 e. The molecule has 0 radical (unpaired) electrons. The fraction of sp³-hybridized carbons (Fsp3) is 0.583. The third-order valence-corrected chi connectivity index (χ3v) is 2.98. The van der Waals surface area contributed by atoms with Crippen LogP contribution in [0.25, 0.3) is 0 Å². The van der Waals surface area contributed by atoms with Gasteiger partial charge in [0.15, 0.2) is 0 Å². The van der Waals surface area contributed by atoms with Crippen molar-refractivity contribution in [3.63, 3.8) is 0 Å². The van der Waals surface area contributed by atoms with Gasteiger partial charge in [-0.3, -0.25) is 4.98 Å². The second-order valence-corrected chi connectivity index (χ2v) is 4.08. The highest BCUT2D eigenvalue weighted by molar-refractivity contribution is 5.15. The lowest BCUT2D eigenvalue weighted by molar-refractivity contribution is 0.0708. The zero-order chi connectivity index (χ0) is 11.2. The number of nitrogens with one attached hydrogen (secondary N) is 2. The number of morpholine rings is 1. The number of hydrogen-bond acceptors (Lipinski definition) is 4. The first kappa shape index (κ1) is 11.5. The van der Waals surface area contributed by atoms with Crippen LogP contribution in [0.4, 0.5) is 0 Å². The van der Waals surface area contributed by atoms with Crippen LogP contribution in [0.5, 0.6) is 0 Å². The third kappa shape index (κ3) is 3.01. The average Bonchev–Trinajstić information content (AvgIpc) is 2.38. The second kappa shape index (κ2) is 5.94. The molecule has 1 saturated heterocycles. The van der Waals surface area contributed by atoms with Crippen LogP contribution in [-0.4, -0.2) is 37.8 Å². The fourth-order valence-corrected chi connectivity index (χ4v) is 2.07. The Morgan fingerprint density at radius 1 is 1.56 bits per heavy atom. The van der Waals surface area contributed by atoms with E-state index in [2.05, 4.69) is 27.8 Å². The SMILES string of the molecule is CNC(CC1COCCN1)c1ccncc1. The predicted octanol–water partition coefficient (Wildman–Crippen LogP) is 0.721. The van der Waals surface area contributed by atoms with Crippen molar-refractivity contribution in [2.75, 3.05) is 26.8 Å². The number of nitrogens with zero attached hydrogens (tertiary/aromatic N) is 1. The van der Waals surface area contributed by atoms with Crippen LogP contribution in [-0.2, 0) is 4.74 Å². The summed E-state index contributed by atoms with van der Waals surface area (Å²) >= 11 is 0. The van der Waals surface area contributed by atoms with Crippen LogP contribution >= 0.6 is 0 Å². The molecule has 0 aliphatic carbocycles. The molecule has 2 heterocycles. The van der Waals surface area contributed by atoms with Crippen LogP contribution in [0.3, 0.4) is 0 Å². The monoisotopic (exact) mass is 221 g/mol. The molecule has 0 saturated carbocycles. The number of rotatable bonds is 4. The summed E-state index contributed by atoms with van der Waals surface area (Å²) in [5.41, 5.74) is 1.28. The molecule has 0 amide bonds. The van der Waals surface area contributed by atoms with Gasteiger partial charge < -0.3 is 15.4 Å². The molecule has 4 heteroatoms. The Morgan fingerprint density at radius 3 is 3.00 bits per heavy atom. The van der Waals surface area contributed by atoms with Crippen molar-refractivity contribution in [3.05, 3.63) is 30.1 Å². The van der Waals surface area contributed by atoms with Gasteiger partial charge in [0.05, 0.1) is 13.2 Å². The Bertz CT molecular complexity index is 298. The molecule has 4 nitrogen and oxygen atoms in total. The van der Waals surface area contributed by atoms with Gasteiger partial charge in [-0.05, 0) is 31.2 Å². The highest BCUT2D eigenvalue weighted by Crippen LogP contribution is 2.18. The molecule has 0 spiro atoms. The topological polar surface area (TPSA) is 46.2 Å². The van der Waals surface area contributed by atoms with Crippen molar-refractivity contribution in [1.29, 1.82) is 0 Å². The first-order chi connectivity index (χ1) is 7.90. The van der Waals surface area contributed by atoms with Crippen LogP contribution in [0, 0.1) is 0 Å². The molecule has 0 bridgehead atoms. The van der Waals surface area contributed by atoms with E-state index >= 15 is 0 Å². The molecular formula is C12H19N3O. The van der Waals surface area contributed by atoms with Crippen LogP contribution in [0.15, 0.2) is 24.5 Å². The van der Waals surface area contributed by atoms with Crippen LogP contribution in [0.2, 0.25) is 0 Å². The molecule has 2 rings (SSSR count). The summed E-state index contributed by atoms with van der Waals surface area (Å²) in [7, 11) is 1.99. The van der Waals surface area contributed by atoms with E-state index in [1.807, 2.05) is 19.4 Å². The maximum absolute atomic E-state index is 5.46. The first-order valence-corrected chi connectivity index (χ1v) is 5.78. The predicted molar refractivity (Wildman–Crippen MR) is 63.3 cm³/mol. The molecular weight excluding hydrogens is 202 g/mol. The summed E-state index contributed by atoms with van der Waals surface area (Å²) in [6.07, 6.45) is 4.72. The molecule has 2 unspecified atom stereocenters. The minimum absolute atomic E-state index is 0.363. The summed E-state index contributed by atoms with van der Waals surface area (Å²) in [4.78, 5) is 4.04. The van der Waals surface area contributed by atoms with Gasteiger partial charge >= 0.3 is 0 Å². The van der Waals surface area contributed by atoms with E-state index in [4.69, 9.17) is 4.74 Å². The summed E-state index contributed by atoms with van der Waals surface area (Å²) in [5.74, 6) is 0. The Morgan fingerprint density at radius 2 is 2.38 bits per heavy atom. The van der Waals surface area contributed by atoms with Gasteiger partial charge in [-0.1, -0.05) is 0 Å². The number of hydrogen-bond donors (Lipinski definition) is 2. The molecule has 1 aromatic heterocycles. The van der Waals surface area contributed by atoms with E-state index in [0.29, 0.717) is 12.1 Å². The van der Waals surface area contributed by atoms with Crippen molar-refractivity contribution in [1.82, 2.24) is 15.6 Å². The van der Waals surface area contributed by atoms with Gasteiger partial charge in [0.2, 0.25) is 0 Å². The maximum Gasteiger partial charge on any atom is 0.0620 e. The molecule has 1 aromatic rings. The Hall–Kier alpha value is -0.970. The maximum atomic E-state index is 5.46. The van der Waals surface area contributed by atoms with Crippen molar-refractivity contribution in [3.8, 4) is 0 Å². The van der Waals surface area contributed by atoms with Gasteiger partial charge in [0.25, 0.3) is 0 Å². The van der Waals surface area contributed by atoms with Crippen LogP contribution < -0.4 is 10.6 Å². The smallest absolute Gasteiger partial charge is 0.0620 e. The molecule has 1 aliphatic heterocycles. The molecule has 0 aromatic carbocycles. The lowest BCUT2D eigenvalue weighted by Gasteiger charge is -2.27. The number of aromatic nitrogens is 1. The van der Waals surface area contributed by atoms with E-state index in [-0.39, 0.29) is 0 Å². The highest BCUT2D eigenvalue weighted by atomic mass is 16.5. The van der Waals surface area contributed by atoms with E-state index in [9.17, 15) is 0 Å². The summed E-state index contributed by atoms with van der Waals surface area (Å²) < 4.78 is 5.46. The number of pyridine rings is 1. The van der Waals surface area contributed by atoms with Gasteiger partial charge in [-0.15, -0.1) is 0 Å². The molecule has 1 aliphatic rings. The van der Waals surface area contributed by atoms with Crippen molar-refractivity contribution in [2.24, 2.45) is 0 Å². The van der Waals surface area contributed by atoms with Crippen LogP contribution in [0.1, 0.15) is 18.0 Å². The summed E-state index contributed by atoms with van der Waals surface area (Å²) in [6.45, 7) is 2.59. The quantitative estimate of drug-likeness (QED) is 0.786. The number of ether oxygens (including phenoxy) is 1. The Balaban J connectivity index is 1.94. The summed E-state index contributed by atoms with van der Waals surface area (Å²) in [6, 6.07) is 4.93. The summed E-state index contributed by atoms with van der Waals surface area (Å²) in [5, 5.41) is 6.82. The molecule has 16 heavy (non-hydrogen) atoms. The van der Waals surface area contributed by atoms with E-state index in [1.54, 1.807) is 0 Å². The lowest BCUT2D eigenvalue weighted by Crippen LogP contribution is -2.43. The largest absolute Gasteiger partial charge is 0.379 e. The third-order valence-electron chi connectivity index (χ3n) is 2.98. The second-order valence-electron chi connectivity index (χ2n) is 4.08. The van der Waals surface area contributed by atoms with Crippen molar-refractivity contribution in [2.45, 2.75) is 18.5 Å². The lowest BCUT2D eigenvalue weighted by atomic mass is 10.0. The minimum atomic E-state index is 0.363. The molecule has 2 N–H and O–H groups in total. The Kier molecular flexibility index (Phi) is 4.27. The van der Waals surface area contributed by atoms with Crippen molar-refractivity contribution >= 4 is 0 Å². The molecule has 2 atom stereocenters. The van der Waals surface area contributed by atoms with E-state index in [0.717, 1.165) is 26.2 Å². The van der Waals surface area contributed by atoms with Crippen molar-refractivity contribution < 1.29 is 4.74 Å². The normalized spacial score (nSPS) is 22.9. The fourth-order valence-electron chi connectivity index (χ4n) is 2.07. The Labute approximate surface area is 96.4 Å². The van der Waals surface area contributed by atoms with Gasteiger partial charge in [-0.2, -0.15) is 0 Å². The standard InChI is InChI=1S/C12H19N3O/c1-13-12(10-2-4-14-5-3-10)8-11-9-16-7-6-15-11/h2-5,11-13,15H,6-9H2,1H3. The average molecular weight is 221 g/mol. The molecule has 1 fully saturated rings.